The second kappa shape index (κ2) is 7.26. The third-order valence-electron chi connectivity index (χ3n) is 4.56. The fourth-order valence-electron chi connectivity index (χ4n) is 3.29. The van der Waals surface area contributed by atoms with E-state index in [2.05, 4.69) is 9.97 Å². The van der Waals surface area contributed by atoms with Crippen LogP contribution in [-0.4, -0.2) is 30.8 Å². The number of para-hydroxylation sites is 2. The molecule has 0 bridgehead atoms. The van der Waals surface area contributed by atoms with E-state index in [-0.39, 0.29) is 11.4 Å². The molecule has 7 heteroatoms. The third-order valence-corrected chi connectivity index (χ3v) is 4.56. The number of rotatable bonds is 5. The van der Waals surface area contributed by atoms with Crippen LogP contribution in [0.4, 0.5) is 0 Å². The van der Waals surface area contributed by atoms with Crippen LogP contribution in [0.2, 0.25) is 0 Å². The molecule has 1 aromatic heterocycles. The van der Waals surface area contributed by atoms with Crippen LogP contribution in [0, 0.1) is 0 Å². The van der Waals surface area contributed by atoms with Crippen molar-refractivity contribution in [3.63, 3.8) is 0 Å². The Morgan fingerprint density at radius 1 is 1.11 bits per heavy atom. The van der Waals surface area contributed by atoms with E-state index in [0.717, 1.165) is 5.56 Å². The van der Waals surface area contributed by atoms with Crippen molar-refractivity contribution in [2.24, 2.45) is 0 Å². The molecule has 0 aliphatic carbocycles. The van der Waals surface area contributed by atoms with Crippen molar-refractivity contribution in [1.82, 2.24) is 9.97 Å². The van der Waals surface area contributed by atoms with Gasteiger partial charge in [0.15, 0.2) is 23.0 Å². The molecule has 0 fully saturated rings. The molecule has 0 atom stereocenters. The van der Waals surface area contributed by atoms with Crippen molar-refractivity contribution in [2.75, 3.05) is 20.8 Å². The molecule has 0 saturated heterocycles. The van der Waals surface area contributed by atoms with E-state index in [0.29, 0.717) is 53.0 Å². The summed E-state index contributed by atoms with van der Waals surface area (Å²) in [7, 11) is 3.10. The van der Waals surface area contributed by atoms with Crippen molar-refractivity contribution in [1.29, 1.82) is 0 Å². The van der Waals surface area contributed by atoms with Gasteiger partial charge in [0, 0.05) is 12.0 Å². The largest absolute Gasteiger partial charge is 0.493 e. The number of benzene rings is 2. The Kier molecular flexibility index (Phi) is 4.65. The number of ether oxygens (including phenoxy) is 4. The van der Waals surface area contributed by atoms with E-state index in [4.69, 9.17) is 18.9 Å². The Morgan fingerprint density at radius 2 is 1.89 bits per heavy atom. The first kappa shape index (κ1) is 17.9. The number of nitrogens with zero attached hydrogens (tertiary/aromatic N) is 1. The van der Waals surface area contributed by atoms with Gasteiger partial charge in [-0.05, 0) is 25.1 Å². The molecule has 7 nitrogen and oxygen atoms in total. The lowest BCUT2D eigenvalue weighted by Crippen LogP contribution is -2.20. The lowest BCUT2D eigenvalue weighted by molar-refractivity contribution is 0.315. The molecule has 1 aliphatic heterocycles. The quantitative estimate of drug-likeness (QED) is 0.570. The molecule has 3 aromatic rings. The van der Waals surface area contributed by atoms with E-state index in [1.54, 1.807) is 32.4 Å². The summed E-state index contributed by atoms with van der Waals surface area (Å²) in [6.07, 6.45) is 0.420. The van der Waals surface area contributed by atoms with Crippen molar-refractivity contribution in [2.45, 2.75) is 13.3 Å². The highest BCUT2D eigenvalue weighted by Crippen LogP contribution is 2.42. The molecule has 4 rings (SSSR count). The van der Waals surface area contributed by atoms with Crippen LogP contribution >= 0.6 is 0 Å². The topological polar surface area (TPSA) is 82.7 Å². The van der Waals surface area contributed by atoms with E-state index in [1.165, 1.54) is 0 Å². The molecular formula is C21H20N2O5. The Morgan fingerprint density at radius 3 is 2.64 bits per heavy atom. The van der Waals surface area contributed by atoms with Crippen LogP contribution in [0.25, 0.3) is 11.4 Å². The number of H-pyrrole nitrogens is 1. The van der Waals surface area contributed by atoms with Gasteiger partial charge in [0.1, 0.15) is 5.82 Å². The Hall–Kier alpha value is -3.48. The van der Waals surface area contributed by atoms with Gasteiger partial charge >= 0.3 is 0 Å². The Labute approximate surface area is 161 Å². The first-order chi connectivity index (χ1) is 13.7. The summed E-state index contributed by atoms with van der Waals surface area (Å²) in [5.74, 6) is 2.87. The second-order valence-electron chi connectivity index (χ2n) is 6.20. The van der Waals surface area contributed by atoms with Crippen LogP contribution < -0.4 is 24.5 Å². The average molecular weight is 380 g/mol. The van der Waals surface area contributed by atoms with Gasteiger partial charge in [-0.15, -0.1) is 0 Å². The molecular weight excluding hydrogens is 360 g/mol. The van der Waals surface area contributed by atoms with Crippen molar-refractivity contribution in [3.8, 4) is 40.3 Å². The molecule has 0 amide bonds. The Bertz CT molecular complexity index is 1090. The summed E-state index contributed by atoms with van der Waals surface area (Å²) < 4.78 is 22.5. The highest BCUT2D eigenvalue weighted by molar-refractivity contribution is 5.69. The molecule has 0 saturated carbocycles. The molecule has 28 heavy (non-hydrogen) atoms. The van der Waals surface area contributed by atoms with Crippen LogP contribution in [-0.2, 0) is 6.42 Å². The van der Waals surface area contributed by atoms with E-state index >= 15 is 0 Å². The summed E-state index contributed by atoms with van der Waals surface area (Å²) in [6, 6.07) is 11.0. The zero-order valence-electron chi connectivity index (χ0n) is 15.9. The number of aromatic nitrogens is 2. The minimum absolute atomic E-state index is 0.252. The third kappa shape index (κ3) is 2.94. The summed E-state index contributed by atoms with van der Waals surface area (Å²) >= 11 is 0. The van der Waals surface area contributed by atoms with Crippen LogP contribution in [0.3, 0.4) is 0 Å². The molecule has 0 spiro atoms. The first-order valence-electron chi connectivity index (χ1n) is 8.93. The second-order valence-corrected chi connectivity index (χ2v) is 6.20. The molecule has 1 N–H and O–H groups in total. The average Bonchev–Trinajstić information content (AvgIpc) is 2.72. The standard InChI is InChI=1S/C21H20N2O5/c1-4-27-16-10-5-7-12-11-14-20(24)22-19(23-21(14)28-17(12)16)13-8-6-9-15(25-2)18(13)26-3/h5-10H,4,11H2,1-3H3,(H,22,23,24). The smallest absolute Gasteiger partial charge is 0.258 e. The maximum atomic E-state index is 12.8. The van der Waals surface area contributed by atoms with Gasteiger partial charge in [-0.2, -0.15) is 4.98 Å². The Balaban J connectivity index is 1.83. The summed E-state index contributed by atoms with van der Waals surface area (Å²) in [5.41, 5.74) is 1.72. The van der Waals surface area contributed by atoms with Crippen LogP contribution in [0.1, 0.15) is 18.1 Å². The summed E-state index contributed by atoms with van der Waals surface area (Å²) in [5, 5.41) is 0. The highest BCUT2D eigenvalue weighted by atomic mass is 16.5. The monoisotopic (exact) mass is 380 g/mol. The van der Waals surface area contributed by atoms with Crippen molar-refractivity contribution in [3.05, 3.63) is 57.9 Å². The molecule has 2 aromatic carbocycles. The van der Waals surface area contributed by atoms with Gasteiger partial charge in [-0.1, -0.05) is 18.2 Å². The fourth-order valence-corrected chi connectivity index (χ4v) is 3.29. The number of hydrogen-bond donors (Lipinski definition) is 1. The zero-order valence-corrected chi connectivity index (χ0v) is 15.9. The predicted octanol–water partition coefficient (Wildman–Crippen LogP) is 3.55. The number of fused-ring (bicyclic) bond motifs is 2. The number of aromatic amines is 1. The maximum absolute atomic E-state index is 12.8. The van der Waals surface area contributed by atoms with Crippen molar-refractivity contribution < 1.29 is 18.9 Å². The zero-order chi connectivity index (χ0) is 19.7. The highest BCUT2D eigenvalue weighted by Gasteiger charge is 2.26. The van der Waals surface area contributed by atoms with E-state index < -0.39 is 0 Å². The van der Waals surface area contributed by atoms with Gasteiger partial charge in [0.05, 0.1) is 32.0 Å². The number of hydrogen-bond acceptors (Lipinski definition) is 6. The molecule has 1 aliphatic rings. The fraction of sp³-hybridized carbons (Fsp3) is 0.238. The van der Waals surface area contributed by atoms with Crippen LogP contribution in [0.5, 0.6) is 28.9 Å². The number of methoxy groups -OCH3 is 2. The van der Waals surface area contributed by atoms with Gasteiger partial charge in [-0.25, -0.2) is 0 Å². The lowest BCUT2D eigenvalue weighted by Gasteiger charge is -2.21. The summed E-state index contributed by atoms with van der Waals surface area (Å²) in [6.45, 7) is 2.42. The molecule has 0 radical (unpaired) electrons. The summed E-state index contributed by atoms with van der Waals surface area (Å²) in [4.78, 5) is 20.1. The van der Waals surface area contributed by atoms with Gasteiger partial charge < -0.3 is 23.9 Å². The molecule has 2 heterocycles. The SMILES string of the molecule is CCOc1cccc2c1Oc1nc(-c3cccc(OC)c3OC)[nH]c(=O)c1C2. The maximum Gasteiger partial charge on any atom is 0.258 e. The van der Waals surface area contributed by atoms with Crippen LogP contribution in [0.15, 0.2) is 41.2 Å². The predicted molar refractivity (Wildman–Crippen MR) is 104 cm³/mol. The molecule has 0 unspecified atom stereocenters. The lowest BCUT2D eigenvalue weighted by atomic mass is 10.0. The van der Waals surface area contributed by atoms with E-state index in [9.17, 15) is 4.79 Å². The molecule has 144 valence electrons. The van der Waals surface area contributed by atoms with Crippen molar-refractivity contribution >= 4 is 0 Å². The minimum atomic E-state index is -0.252. The first-order valence-corrected chi connectivity index (χ1v) is 8.93. The van der Waals surface area contributed by atoms with Gasteiger partial charge in [0.2, 0.25) is 5.88 Å². The van der Waals surface area contributed by atoms with E-state index in [1.807, 2.05) is 25.1 Å². The normalized spacial score (nSPS) is 11.8. The van der Waals surface area contributed by atoms with Gasteiger partial charge in [0.25, 0.3) is 5.56 Å². The number of nitrogens with one attached hydrogen (secondary N) is 1. The minimum Gasteiger partial charge on any atom is -0.493 e. The van der Waals surface area contributed by atoms with Gasteiger partial charge in [-0.3, -0.25) is 4.79 Å².